The number of benzene rings is 1. The van der Waals surface area contributed by atoms with E-state index in [0.717, 1.165) is 15.4 Å². The molecule has 0 saturated heterocycles. The van der Waals surface area contributed by atoms with Crippen molar-refractivity contribution < 1.29 is 9.59 Å². The first-order valence-corrected chi connectivity index (χ1v) is 5.17. The van der Waals surface area contributed by atoms with Gasteiger partial charge in [-0.05, 0) is 12.1 Å². The lowest BCUT2D eigenvalue weighted by Gasteiger charge is -1.97. The van der Waals surface area contributed by atoms with Crippen LogP contribution in [0.3, 0.4) is 0 Å². The molecule has 0 aliphatic carbocycles. The van der Waals surface area contributed by atoms with Crippen LogP contribution in [-0.2, 0) is 11.8 Å². The summed E-state index contributed by atoms with van der Waals surface area (Å²) in [7, 11) is 1.84. The molecule has 4 heteroatoms. The van der Waals surface area contributed by atoms with Gasteiger partial charge in [-0.15, -0.1) is 0 Å². The number of nitrogens with zero attached hydrogens (tertiary/aromatic N) is 1. The molecule has 1 aromatic carbocycles. The zero-order chi connectivity index (χ0) is 11.0. The summed E-state index contributed by atoms with van der Waals surface area (Å²) in [6.07, 6.45) is 2.01. The van der Waals surface area contributed by atoms with E-state index in [4.69, 9.17) is 0 Å². The average molecular weight is 266 g/mol. The molecule has 3 nitrogen and oxygen atoms in total. The summed E-state index contributed by atoms with van der Waals surface area (Å²) in [4.78, 5) is 21.9. The number of aldehydes is 1. The highest BCUT2D eigenvalue weighted by molar-refractivity contribution is 9.10. The van der Waals surface area contributed by atoms with Crippen molar-refractivity contribution in [2.24, 2.45) is 7.05 Å². The Balaban J connectivity index is 2.87. The molecule has 0 N–H and O–H groups in total. The molecule has 0 atom stereocenters. The van der Waals surface area contributed by atoms with Crippen molar-refractivity contribution in [3.8, 4) is 0 Å². The first-order chi connectivity index (χ1) is 7.15. The maximum Gasteiger partial charge on any atom is 0.227 e. The van der Waals surface area contributed by atoms with Gasteiger partial charge < -0.3 is 4.57 Å². The normalized spacial score (nSPS) is 10.5. The molecule has 0 spiro atoms. The second-order valence-electron chi connectivity index (χ2n) is 3.27. The van der Waals surface area contributed by atoms with Crippen LogP contribution in [0.2, 0.25) is 0 Å². The molecule has 0 unspecified atom stereocenters. The van der Waals surface area contributed by atoms with Crippen molar-refractivity contribution in [1.29, 1.82) is 0 Å². The number of hydrogen-bond acceptors (Lipinski definition) is 2. The standard InChI is InChI=1S/C11H8BrNO2/c1-13-5-7(10(15)6-14)11-8(12)3-2-4-9(11)13/h2-6H,1H3. The first kappa shape index (κ1) is 10.1. The van der Waals surface area contributed by atoms with Crippen molar-refractivity contribution in [2.75, 3.05) is 0 Å². The number of carbonyl (C=O) groups is 2. The molecule has 2 aromatic rings. The molecular weight excluding hydrogens is 258 g/mol. The van der Waals surface area contributed by atoms with E-state index in [-0.39, 0.29) is 0 Å². The number of aromatic nitrogens is 1. The molecule has 0 aliphatic heterocycles. The molecule has 15 heavy (non-hydrogen) atoms. The molecule has 1 heterocycles. The van der Waals surface area contributed by atoms with Crippen LogP contribution in [0.1, 0.15) is 10.4 Å². The fraction of sp³-hybridized carbons (Fsp3) is 0.0909. The Morgan fingerprint density at radius 3 is 2.87 bits per heavy atom. The number of rotatable bonds is 2. The fourth-order valence-electron chi connectivity index (χ4n) is 1.65. The number of carbonyl (C=O) groups excluding carboxylic acids is 2. The Bertz CT molecular complexity index is 557. The van der Waals surface area contributed by atoms with Crippen molar-refractivity contribution in [2.45, 2.75) is 0 Å². The summed E-state index contributed by atoms with van der Waals surface area (Å²) in [6, 6.07) is 5.65. The van der Waals surface area contributed by atoms with Crippen LogP contribution in [-0.4, -0.2) is 16.6 Å². The minimum atomic E-state index is -0.493. The van der Waals surface area contributed by atoms with Gasteiger partial charge in [-0.2, -0.15) is 0 Å². The largest absolute Gasteiger partial charge is 0.350 e. The minimum Gasteiger partial charge on any atom is -0.350 e. The van der Waals surface area contributed by atoms with Crippen LogP contribution in [0.15, 0.2) is 28.9 Å². The molecule has 1 aromatic heterocycles. The van der Waals surface area contributed by atoms with Gasteiger partial charge in [0.2, 0.25) is 5.78 Å². The number of fused-ring (bicyclic) bond motifs is 1. The molecule has 0 aliphatic rings. The van der Waals surface area contributed by atoms with Crippen LogP contribution < -0.4 is 0 Å². The average Bonchev–Trinajstić information content (AvgIpc) is 2.57. The Hall–Kier alpha value is -1.42. The van der Waals surface area contributed by atoms with Crippen LogP contribution in [0, 0.1) is 0 Å². The van der Waals surface area contributed by atoms with E-state index < -0.39 is 5.78 Å². The molecular formula is C11H8BrNO2. The van der Waals surface area contributed by atoms with Gasteiger partial charge in [0.05, 0.1) is 5.56 Å². The monoisotopic (exact) mass is 265 g/mol. The summed E-state index contributed by atoms with van der Waals surface area (Å²) in [5.74, 6) is -0.493. The zero-order valence-corrected chi connectivity index (χ0v) is 9.61. The third kappa shape index (κ3) is 1.51. The van der Waals surface area contributed by atoms with Crippen molar-refractivity contribution in [1.82, 2.24) is 4.57 Å². The van der Waals surface area contributed by atoms with Crippen molar-refractivity contribution in [3.63, 3.8) is 0 Å². The van der Waals surface area contributed by atoms with E-state index in [2.05, 4.69) is 15.9 Å². The highest BCUT2D eigenvalue weighted by Gasteiger charge is 2.14. The number of halogens is 1. The van der Waals surface area contributed by atoms with Gasteiger partial charge in [0.1, 0.15) is 0 Å². The SMILES string of the molecule is Cn1cc(C(=O)C=O)c2c(Br)cccc21. The van der Waals surface area contributed by atoms with E-state index in [9.17, 15) is 9.59 Å². The van der Waals surface area contributed by atoms with Gasteiger partial charge in [0, 0.05) is 28.6 Å². The topological polar surface area (TPSA) is 39.1 Å². The summed E-state index contributed by atoms with van der Waals surface area (Å²) in [5, 5.41) is 0.789. The van der Waals surface area contributed by atoms with Gasteiger partial charge in [-0.3, -0.25) is 9.59 Å². The quantitative estimate of drug-likeness (QED) is 0.475. The molecule has 0 radical (unpaired) electrons. The second kappa shape index (κ2) is 3.62. The predicted molar refractivity (Wildman–Crippen MR) is 61.0 cm³/mol. The highest BCUT2D eigenvalue weighted by Crippen LogP contribution is 2.28. The third-order valence-electron chi connectivity index (χ3n) is 2.34. The van der Waals surface area contributed by atoms with E-state index in [1.807, 2.05) is 29.8 Å². The molecule has 0 saturated carbocycles. The lowest BCUT2D eigenvalue weighted by Crippen LogP contribution is -1.98. The molecule has 0 fully saturated rings. The predicted octanol–water partition coefficient (Wildman–Crippen LogP) is 2.32. The maximum atomic E-state index is 11.4. The van der Waals surface area contributed by atoms with Gasteiger partial charge in [0.15, 0.2) is 6.29 Å². The van der Waals surface area contributed by atoms with Crippen LogP contribution >= 0.6 is 15.9 Å². The van der Waals surface area contributed by atoms with Gasteiger partial charge >= 0.3 is 0 Å². The maximum absolute atomic E-state index is 11.4. The highest BCUT2D eigenvalue weighted by atomic mass is 79.9. The lowest BCUT2D eigenvalue weighted by atomic mass is 10.1. The third-order valence-corrected chi connectivity index (χ3v) is 3.00. The Labute approximate surface area is 94.8 Å². The van der Waals surface area contributed by atoms with Crippen LogP contribution in [0.5, 0.6) is 0 Å². The van der Waals surface area contributed by atoms with Gasteiger partial charge in [0.25, 0.3) is 0 Å². The Morgan fingerprint density at radius 1 is 1.47 bits per heavy atom. The van der Waals surface area contributed by atoms with Crippen molar-refractivity contribution >= 4 is 38.9 Å². The van der Waals surface area contributed by atoms with Crippen molar-refractivity contribution in [3.05, 3.63) is 34.4 Å². The zero-order valence-electron chi connectivity index (χ0n) is 8.03. The minimum absolute atomic E-state index is 0.341. The molecule has 0 amide bonds. The first-order valence-electron chi connectivity index (χ1n) is 4.38. The molecule has 2 rings (SSSR count). The van der Waals surface area contributed by atoms with E-state index in [1.54, 1.807) is 6.20 Å². The summed E-state index contributed by atoms with van der Waals surface area (Å²) in [5.41, 5.74) is 1.37. The second-order valence-corrected chi connectivity index (χ2v) is 4.12. The Morgan fingerprint density at radius 2 is 2.20 bits per heavy atom. The number of ketones is 1. The smallest absolute Gasteiger partial charge is 0.227 e. The number of Topliss-reactive ketones (excluding diaryl/α,β-unsaturated/α-hetero) is 1. The van der Waals surface area contributed by atoms with E-state index in [0.29, 0.717) is 11.8 Å². The van der Waals surface area contributed by atoms with Gasteiger partial charge in [-0.25, -0.2) is 0 Å². The van der Waals surface area contributed by atoms with Gasteiger partial charge in [-0.1, -0.05) is 22.0 Å². The summed E-state index contributed by atoms with van der Waals surface area (Å²) < 4.78 is 2.66. The van der Waals surface area contributed by atoms with E-state index in [1.165, 1.54) is 0 Å². The summed E-state index contributed by atoms with van der Waals surface area (Å²) in [6.45, 7) is 0. The Kier molecular flexibility index (Phi) is 2.44. The summed E-state index contributed by atoms with van der Waals surface area (Å²) >= 11 is 3.38. The van der Waals surface area contributed by atoms with E-state index >= 15 is 0 Å². The number of hydrogen-bond donors (Lipinski definition) is 0. The van der Waals surface area contributed by atoms with Crippen LogP contribution in [0.4, 0.5) is 0 Å². The fourth-order valence-corrected chi connectivity index (χ4v) is 2.22. The lowest BCUT2D eigenvalue weighted by molar-refractivity contribution is -0.104. The molecule has 76 valence electrons. The number of aryl methyl sites for hydroxylation is 1. The van der Waals surface area contributed by atoms with Crippen LogP contribution in [0.25, 0.3) is 10.9 Å². The molecule has 0 bridgehead atoms.